The van der Waals surface area contributed by atoms with Gasteiger partial charge < -0.3 is 0 Å². The Bertz CT molecular complexity index is 789. The van der Waals surface area contributed by atoms with E-state index in [-0.39, 0.29) is 5.91 Å². The molecule has 0 aliphatic heterocycles. The van der Waals surface area contributed by atoms with Crippen LogP contribution in [0.5, 0.6) is 0 Å². The number of hydrazine groups is 1. The fourth-order valence-corrected chi connectivity index (χ4v) is 2.78. The van der Waals surface area contributed by atoms with Crippen molar-refractivity contribution in [2.24, 2.45) is 0 Å². The maximum atomic E-state index is 12.3. The number of rotatable bonds is 5. The summed E-state index contributed by atoms with van der Waals surface area (Å²) in [6.45, 7) is 1.94. The van der Waals surface area contributed by atoms with E-state index >= 15 is 0 Å². The molecule has 1 N–H and O–H groups in total. The number of thiazole rings is 1. The van der Waals surface area contributed by atoms with Gasteiger partial charge in [0, 0.05) is 11.5 Å². The standard InChI is InChI=1S/C19H17N3OS/c1-15-20-16(14-24-15)12-13-19(23)21-22(17-8-4-2-5-9-17)18-10-6-3-7-11-18/h2-14H,1H3,(H,21,23). The van der Waals surface area contributed by atoms with E-state index in [1.165, 1.54) is 6.08 Å². The first kappa shape index (κ1) is 16.0. The van der Waals surface area contributed by atoms with Crippen LogP contribution in [0.25, 0.3) is 6.08 Å². The zero-order chi connectivity index (χ0) is 16.8. The number of amides is 1. The van der Waals surface area contributed by atoms with E-state index in [4.69, 9.17) is 0 Å². The van der Waals surface area contributed by atoms with Crippen molar-refractivity contribution < 1.29 is 4.79 Å². The van der Waals surface area contributed by atoms with Gasteiger partial charge in [-0.3, -0.25) is 15.2 Å². The monoisotopic (exact) mass is 335 g/mol. The molecule has 0 radical (unpaired) electrons. The smallest absolute Gasteiger partial charge is 0.262 e. The van der Waals surface area contributed by atoms with E-state index in [0.717, 1.165) is 22.1 Å². The largest absolute Gasteiger partial charge is 0.268 e. The van der Waals surface area contributed by atoms with Gasteiger partial charge in [0.1, 0.15) is 0 Å². The SMILES string of the molecule is Cc1nc(C=CC(=O)NN(c2ccccc2)c2ccccc2)cs1. The average Bonchev–Trinajstić information content (AvgIpc) is 3.05. The normalized spacial score (nSPS) is 10.7. The molecule has 0 spiro atoms. The van der Waals surface area contributed by atoms with E-state index in [2.05, 4.69) is 10.4 Å². The number of anilines is 2. The molecule has 0 aliphatic rings. The van der Waals surface area contributed by atoms with Crippen LogP contribution in [0.2, 0.25) is 0 Å². The molecule has 0 aliphatic carbocycles. The zero-order valence-corrected chi connectivity index (χ0v) is 14.0. The highest BCUT2D eigenvalue weighted by Gasteiger charge is 2.10. The Balaban J connectivity index is 1.79. The second-order valence-electron chi connectivity index (χ2n) is 5.11. The highest BCUT2D eigenvalue weighted by atomic mass is 32.1. The van der Waals surface area contributed by atoms with Crippen LogP contribution >= 0.6 is 11.3 Å². The molecule has 1 amide bonds. The van der Waals surface area contributed by atoms with Crippen LogP contribution in [-0.2, 0) is 4.79 Å². The molecule has 3 rings (SSSR count). The van der Waals surface area contributed by atoms with E-state index in [1.54, 1.807) is 22.4 Å². The van der Waals surface area contributed by atoms with Crippen molar-refractivity contribution in [2.45, 2.75) is 6.92 Å². The topological polar surface area (TPSA) is 45.2 Å². The third kappa shape index (κ3) is 4.08. The summed E-state index contributed by atoms with van der Waals surface area (Å²) in [7, 11) is 0. The van der Waals surface area contributed by atoms with Crippen molar-refractivity contribution in [3.63, 3.8) is 0 Å². The van der Waals surface area contributed by atoms with E-state index in [9.17, 15) is 4.79 Å². The summed E-state index contributed by atoms with van der Waals surface area (Å²) in [4.78, 5) is 16.6. The summed E-state index contributed by atoms with van der Waals surface area (Å²) in [6.07, 6.45) is 3.21. The zero-order valence-electron chi connectivity index (χ0n) is 13.2. The van der Waals surface area contributed by atoms with Gasteiger partial charge in [-0.1, -0.05) is 36.4 Å². The summed E-state index contributed by atoms with van der Waals surface area (Å²) in [5.74, 6) is -0.214. The summed E-state index contributed by atoms with van der Waals surface area (Å²) < 4.78 is 0. The minimum Gasteiger partial charge on any atom is -0.268 e. The van der Waals surface area contributed by atoms with Gasteiger partial charge >= 0.3 is 0 Å². The van der Waals surface area contributed by atoms with Crippen molar-refractivity contribution in [3.8, 4) is 0 Å². The van der Waals surface area contributed by atoms with Crippen molar-refractivity contribution in [2.75, 3.05) is 5.01 Å². The second-order valence-corrected chi connectivity index (χ2v) is 6.17. The third-order valence-corrected chi connectivity index (χ3v) is 4.08. The fraction of sp³-hybridized carbons (Fsp3) is 0.0526. The fourth-order valence-electron chi connectivity index (χ4n) is 2.20. The average molecular weight is 335 g/mol. The van der Waals surface area contributed by atoms with Crippen LogP contribution in [0, 0.1) is 6.92 Å². The Kier molecular flexibility index (Phi) is 5.03. The van der Waals surface area contributed by atoms with E-state index < -0.39 is 0 Å². The van der Waals surface area contributed by atoms with Crippen LogP contribution in [0.15, 0.2) is 72.1 Å². The van der Waals surface area contributed by atoms with E-state index in [0.29, 0.717) is 0 Å². The Morgan fingerprint density at radius 1 is 1.04 bits per heavy atom. The number of hydrogen-bond acceptors (Lipinski definition) is 4. The van der Waals surface area contributed by atoms with Gasteiger partial charge in [-0.05, 0) is 37.3 Å². The molecule has 0 fully saturated rings. The Morgan fingerprint density at radius 2 is 1.62 bits per heavy atom. The van der Waals surface area contributed by atoms with Gasteiger partial charge in [0.05, 0.1) is 22.1 Å². The molecule has 0 unspecified atom stereocenters. The quantitative estimate of drug-likeness (QED) is 0.557. The number of nitrogens with zero attached hydrogens (tertiary/aromatic N) is 2. The van der Waals surface area contributed by atoms with Gasteiger partial charge in [-0.2, -0.15) is 0 Å². The Labute approximate surface area is 145 Å². The van der Waals surface area contributed by atoms with Gasteiger partial charge in [-0.15, -0.1) is 11.3 Å². The summed E-state index contributed by atoms with van der Waals surface area (Å²) in [5, 5.41) is 4.66. The predicted octanol–water partition coefficient (Wildman–Crippen LogP) is 4.33. The number of benzene rings is 2. The lowest BCUT2D eigenvalue weighted by Crippen LogP contribution is -2.37. The van der Waals surface area contributed by atoms with Crippen molar-refractivity contribution in [3.05, 3.63) is 82.8 Å². The van der Waals surface area contributed by atoms with Crippen LogP contribution in [-0.4, -0.2) is 10.9 Å². The highest BCUT2D eigenvalue weighted by molar-refractivity contribution is 7.09. The van der Waals surface area contributed by atoms with Crippen molar-refractivity contribution in [1.82, 2.24) is 10.4 Å². The summed E-state index contributed by atoms with van der Waals surface area (Å²) in [5.41, 5.74) is 5.47. The number of hydrogen-bond donors (Lipinski definition) is 1. The lowest BCUT2D eigenvalue weighted by atomic mass is 10.2. The molecular weight excluding hydrogens is 318 g/mol. The molecule has 5 heteroatoms. The van der Waals surface area contributed by atoms with Crippen LogP contribution in [0.3, 0.4) is 0 Å². The van der Waals surface area contributed by atoms with E-state index in [1.807, 2.05) is 73.0 Å². The van der Waals surface area contributed by atoms with Gasteiger partial charge in [0.2, 0.25) is 0 Å². The van der Waals surface area contributed by atoms with Crippen molar-refractivity contribution >= 4 is 34.7 Å². The Hall–Kier alpha value is -2.92. The summed E-state index contributed by atoms with van der Waals surface area (Å²) >= 11 is 1.56. The number of para-hydroxylation sites is 2. The molecule has 0 atom stereocenters. The Morgan fingerprint density at radius 3 is 2.12 bits per heavy atom. The molecule has 0 saturated carbocycles. The lowest BCUT2D eigenvalue weighted by Gasteiger charge is -2.24. The number of nitrogens with one attached hydrogen (secondary N) is 1. The van der Waals surface area contributed by atoms with Gasteiger partial charge in [0.15, 0.2) is 0 Å². The first-order chi connectivity index (χ1) is 11.7. The molecule has 1 aromatic heterocycles. The number of aryl methyl sites for hydroxylation is 1. The molecule has 3 aromatic rings. The molecule has 0 saturated heterocycles. The van der Waals surface area contributed by atoms with Gasteiger partial charge in [0.25, 0.3) is 5.91 Å². The van der Waals surface area contributed by atoms with Crippen LogP contribution < -0.4 is 10.4 Å². The van der Waals surface area contributed by atoms with Crippen LogP contribution in [0.4, 0.5) is 11.4 Å². The first-order valence-electron chi connectivity index (χ1n) is 7.53. The molecule has 1 heterocycles. The number of carbonyl (C=O) groups is 1. The molecular formula is C19H17N3OS. The second kappa shape index (κ2) is 7.57. The number of carbonyl (C=O) groups excluding carboxylic acids is 1. The molecule has 2 aromatic carbocycles. The molecule has 4 nitrogen and oxygen atoms in total. The highest BCUT2D eigenvalue weighted by Crippen LogP contribution is 2.22. The van der Waals surface area contributed by atoms with Crippen LogP contribution in [0.1, 0.15) is 10.7 Å². The molecule has 120 valence electrons. The lowest BCUT2D eigenvalue weighted by molar-refractivity contribution is -0.116. The third-order valence-electron chi connectivity index (χ3n) is 3.29. The summed E-state index contributed by atoms with van der Waals surface area (Å²) in [6, 6.07) is 19.4. The molecule has 0 bridgehead atoms. The first-order valence-corrected chi connectivity index (χ1v) is 8.41. The predicted molar refractivity (Wildman–Crippen MR) is 99.1 cm³/mol. The van der Waals surface area contributed by atoms with Gasteiger partial charge in [-0.25, -0.2) is 4.98 Å². The van der Waals surface area contributed by atoms with Crippen molar-refractivity contribution in [1.29, 1.82) is 0 Å². The number of aromatic nitrogens is 1. The maximum Gasteiger partial charge on any atom is 0.262 e. The minimum atomic E-state index is -0.214. The maximum absolute atomic E-state index is 12.3. The minimum absolute atomic E-state index is 0.214. The molecule has 24 heavy (non-hydrogen) atoms.